The molecule has 2 aromatic carbocycles. The molecule has 2 amide bonds. The standard InChI is InChI=1S/C27H35ClN2O5/c1-2-34-25(26(31)32)18-20-8-14-24(15-9-20)35-17-16-30(19-21-6-4-3-5-7-21)27(33)29-23-12-10-22(28)11-13-23/h8-15,21,25H,2-7,16-19H2,1H3,(H,29,33)(H,31,32). The van der Waals surface area contributed by atoms with E-state index in [0.717, 1.165) is 18.4 Å². The first-order valence-corrected chi connectivity index (χ1v) is 12.7. The van der Waals surface area contributed by atoms with Crippen molar-refractivity contribution in [3.63, 3.8) is 0 Å². The van der Waals surface area contributed by atoms with E-state index in [4.69, 9.17) is 21.1 Å². The number of hydrogen-bond donors (Lipinski definition) is 2. The van der Waals surface area contributed by atoms with Crippen molar-refractivity contribution in [2.45, 2.75) is 51.6 Å². The number of nitrogens with one attached hydrogen (secondary N) is 1. The van der Waals surface area contributed by atoms with Gasteiger partial charge in [-0.1, -0.05) is 43.0 Å². The minimum atomic E-state index is -0.970. The molecule has 1 aliphatic carbocycles. The predicted octanol–water partition coefficient (Wildman–Crippen LogP) is 5.87. The number of hydrogen-bond acceptors (Lipinski definition) is 4. The maximum atomic E-state index is 13.0. The molecule has 35 heavy (non-hydrogen) atoms. The largest absolute Gasteiger partial charge is 0.492 e. The molecule has 2 N–H and O–H groups in total. The highest BCUT2D eigenvalue weighted by molar-refractivity contribution is 6.30. The van der Waals surface area contributed by atoms with Crippen LogP contribution in [0.15, 0.2) is 48.5 Å². The summed E-state index contributed by atoms with van der Waals surface area (Å²) < 4.78 is 11.2. The molecule has 1 saturated carbocycles. The van der Waals surface area contributed by atoms with Crippen molar-refractivity contribution in [2.24, 2.45) is 5.92 Å². The molecule has 0 aliphatic heterocycles. The quantitative estimate of drug-likeness (QED) is 0.379. The molecule has 7 nitrogen and oxygen atoms in total. The van der Waals surface area contributed by atoms with Crippen LogP contribution >= 0.6 is 11.6 Å². The van der Waals surface area contributed by atoms with Gasteiger partial charge in [0, 0.05) is 30.3 Å². The van der Waals surface area contributed by atoms with Gasteiger partial charge in [0.25, 0.3) is 0 Å². The zero-order valence-corrected chi connectivity index (χ0v) is 21.0. The highest BCUT2D eigenvalue weighted by Gasteiger charge is 2.21. The van der Waals surface area contributed by atoms with Crippen molar-refractivity contribution in [3.05, 3.63) is 59.1 Å². The van der Waals surface area contributed by atoms with Crippen LogP contribution in [0.25, 0.3) is 0 Å². The summed E-state index contributed by atoms with van der Waals surface area (Å²) in [6.07, 6.45) is 5.42. The molecule has 1 atom stereocenters. The van der Waals surface area contributed by atoms with Crippen LogP contribution in [0.4, 0.5) is 10.5 Å². The van der Waals surface area contributed by atoms with Gasteiger partial charge in [-0.15, -0.1) is 0 Å². The van der Waals surface area contributed by atoms with Gasteiger partial charge in [-0.25, -0.2) is 9.59 Å². The minimum absolute atomic E-state index is 0.146. The summed E-state index contributed by atoms with van der Waals surface area (Å²) in [4.78, 5) is 26.2. The Morgan fingerprint density at radius 3 is 2.40 bits per heavy atom. The molecule has 0 bridgehead atoms. The van der Waals surface area contributed by atoms with Crippen molar-refractivity contribution in [1.29, 1.82) is 0 Å². The third-order valence-electron chi connectivity index (χ3n) is 6.20. The van der Waals surface area contributed by atoms with Crippen molar-refractivity contribution < 1.29 is 24.2 Å². The van der Waals surface area contributed by atoms with E-state index in [2.05, 4.69) is 5.32 Å². The number of benzene rings is 2. The number of carbonyl (C=O) groups excluding carboxylic acids is 1. The third kappa shape index (κ3) is 9.07. The number of amides is 2. The number of ether oxygens (including phenoxy) is 2. The van der Waals surface area contributed by atoms with Crippen LogP contribution < -0.4 is 10.1 Å². The number of carboxylic acid groups (broad SMARTS) is 1. The van der Waals surface area contributed by atoms with Crippen LogP contribution in [0.2, 0.25) is 5.02 Å². The number of rotatable bonds is 12. The second kappa shape index (κ2) is 14.0. The number of anilines is 1. The van der Waals surface area contributed by atoms with Crippen molar-refractivity contribution >= 4 is 29.3 Å². The molecule has 1 aliphatic rings. The molecule has 2 aromatic rings. The van der Waals surface area contributed by atoms with E-state index in [9.17, 15) is 14.7 Å². The fraction of sp³-hybridized carbons (Fsp3) is 0.481. The maximum Gasteiger partial charge on any atom is 0.333 e. The molecule has 0 aromatic heterocycles. The first-order chi connectivity index (χ1) is 16.9. The van der Waals surface area contributed by atoms with Crippen LogP contribution in [0.5, 0.6) is 5.75 Å². The normalized spacial score (nSPS) is 14.8. The number of aliphatic carboxylic acids is 1. The Balaban J connectivity index is 1.55. The van der Waals surface area contributed by atoms with Gasteiger partial charge in [-0.3, -0.25) is 0 Å². The number of nitrogens with zero attached hydrogens (tertiary/aromatic N) is 1. The SMILES string of the molecule is CCOC(Cc1ccc(OCCN(CC2CCCCC2)C(=O)Nc2ccc(Cl)cc2)cc1)C(=O)O. The lowest BCUT2D eigenvalue weighted by molar-refractivity contribution is -0.149. The van der Waals surface area contributed by atoms with Crippen molar-refractivity contribution in [3.8, 4) is 5.75 Å². The summed E-state index contributed by atoms with van der Waals surface area (Å²) in [5.41, 5.74) is 1.57. The summed E-state index contributed by atoms with van der Waals surface area (Å²) in [6, 6.07) is 14.3. The first-order valence-electron chi connectivity index (χ1n) is 12.3. The molecular weight excluding hydrogens is 468 g/mol. The van der Waals surface area contributed by atoms with Gasteiger partial charge in [0.05, 0.1) is 6.54 Å². The number of urea groups is 1. The second-order valence-electron chi connectivity index (χ2n) is 8.87. The summed E-state index contributed by atoms with van der Waals surface area (Å²) in [5, 5.41) is 12.9. The van der Waals surface area contributed by atoms with Gasteiger partial charge in [0.2, 0.25) is 0 Å². The smallest absolute Gasteiger partial charge is 0.333 e. The van der Waals surface area contributed by atoms with Gasteiger partial charge >= 0.3 is 12.0 Å². The number of halogens is 1. The highest BCUT2D eigenvalue weighted by Crippen LogP contribution is 2.25. The zero-order chi connectivity index (χ0) is 25.0. The number of carbonyl (C=O) groups is 2. The zero-order valence-electron chi connectivity index (χ0n) is 20.2. The van der Waals surface area contributed by atoms with E-state index in [0.29, 0.717) is 55.1 Å². The molecule has 8 heteroatoms. The Bertz CT molecular complexity index is 930. The lowest BCUT2D eigenvalue weighted by Gasteiger charge is -2.30. The minimum Gasteiger partial charge on any atom is -0.492 e. The third-order valence-corrected chi connectivity index (χ3v) is 6.46. The van der Waals surface area contributed by atoms with E-state index in [1.165, 1.54) is 19.3 Å². The van der Waals surface area contributed by atoms with Crippen molar-refractivity contribution in [1.82, 2.24) is 4.90 Å². The molecular formula is C27H35ClN2O5. The maximum absolute atomic E-state index is 13.0. The van der Waals surface area contributed by atoms with Crippen LogP contribution in [-0.2, 0) is 16.0 Å². The molecule has 3 rings (SSSR count). The Morgan fingerprint density at radius 1 is 1.09 bits per heavy atom. The fourth-order valence-corrected chi connectivity index (χ4v) is 4.45. The molecule has 1 unspecified atom stereocenters. The molecule has 1 fully saturated rings. The Morgan fingerprint density at radius 2 is 1.77 bits per heavy atom. The molecule has 0 heterocycles. The molecule has 190 valence electrons. The van der Waals surface area contributed by atoms with Gasteiger partial charge in [0.15, 0.2) is 6.10 Å². The van der Waals surface area contributed by atoms with Crippen LogP contribution in [0.1, 0.15) is 44.6 Å². The predicted molar refractivity (Wildman–Crippen MR) is 137 cm³/mol. The lowest BCUT2D eigenvalue weighted by atomic mass is 9.89. The molecule has 0 radical (unpaired) electrons. The van der Waals surface area contributed by atoms with Crippen LogP contribution in [-0.4, -0.2) is 54.4 Å². The summed E-state index contributed by atoms with van der Waals surface area (Å²) in [7, 11) is 0. The van der Waals surface area contributed by atoms with Gasteiger partial charge in [-0.05, 0) is 67.6 Å². The van der Waals surface area contributed by atoms with Gasteiger partial charge < -0.3 is 24.8 Å². The monoisotopic (exact) mass is 502 g/mol. The van der Waals surface area contributed by atoms with E-state index >= 15 is 0 Å². The molecule has 0 spiro atoms. The average molecular weight is 503 g/mol. The topological polar surface area (TPSA) is 88.1 Å². The van der Waals surface area contributed by atoms with E-state index in [-0.39, 0.29) is 6.03 Å². The van der Waals surface area contributed by atoms with E-state index in [1.54, 1.807) is 31.2 Å². The summed E-state index contributed by atoms with van der Waals surface area (Å²) in [5.74, 6) is 0.210. The second-order valence-corrected chi connectivity index (χ2v) is 9.30. The van der Waals surface area contributed by atoms with Crippen LogP contribution in [0.3, 0.4) is 0 Å². The summed E-state index contributed by atoms with van der Waals surface area (Å²) in [6.45, 7) is 3.65. The fourth-order valence-electron chi connectivity index (χ4n) is 4.32. The Hall–Kier alpha value is -2.77. The Labute approximate surface area is 212 Å². The van der Waals surface area contributed by atoms with E-state index < -0.39 is 12.1 Å². The number of carboxylic acids is 1. The van der Waals surface area contributed by atoms with E-state index in [1.807, 2.05) is 29.2 Å². The van der Waals surface area contributed by atoms with Gasteiger partial charge in [0.1, 0.15) is 12.4 Å². The molecule has 0 saturated heterocycles. The average Bonchev–Trinajstić information content (AvgIpc) is 2.86. The lowest BCUT2D eigenvalue weighted by Crippen LogP contribution is -2.41. The van der Waals surface area contributed by atoms with Crippen LogP contribution in [0, 0.1) is 5.92 Å². The van der Waals surface area contributed by atoms with Crippen molar-refractivity contribution in [2.75, 3.05) is 31.6 Å². The first kappa shape index (κ1) is 26.8. The Kier molecular flexibility index (Phi) is 10.7. The van der Waals surface area contributed by atoms with Gasteiger partial charge in [-0.2, -0.15) is 0 Å². The highest BCUT2D eigenvalue weighted by atomic mass is 35.5. The summed E-state index contributed by atoms with van der Waals surface area (Å²) >= 11 is 5.96.